The molecule has 0 atom stereocenters. The molecule has 180 valence electrons. The van der Waals surface area contributed by atoms with Gasteiger partial charge < -0.3 is 25.8 Å². The molecule has 5 rings (SSSR count). The third-order valence-corrected chi connectivity index (χ3v) is 7.46. The number of carbonyl (C=O) groups excluding carboxylic acids is 1. The summed E-state index contributed by atoms with van der Waals surface area (Å²) in [5.74, 6) is -0.0160. The fourth-order valence-corrected chi connectivity index (χ4v) is 5.44. The monoisotopic (exact) mass is 459 g/mol. The average Bonchev–Trinajstić information content (AvgIpc) is 3.13. The van der Waals surface area contributed by atoms with Gasteiger partial charge >= 0.3 is 0 Å². The van der Waals surface area contributed by atoms with E-state index in [0.717, 1.165) is 60.2 Å². The minimum absolute atomic E-state index is 0.0160. The minimum atomic E-state index is -0.0160. The molecule has 0 bridgehead atoms. The highest BCUT2D eigenvalue weighted by Gasteiger charge is 2.22. The first-order valence-electron chi connectivity index (χ1n) is 12.9. The van der Waals surface area contributed by atoms with E-state index in [-0.39, 0.29) is 11.9 Å². The highest BCUT2D eigenvalue weighted by Crippen LogP contribution is 2.30. The molecule has 6 heteroatoms. The fourth-order valence-electron chi connectivity index (χ4n) is 5.44. The van der Waals surface area contributed by atoms with Gasteiger partial charge in [-0.15, -0.1) is 0 Å². The van der Waals surface area contributed by atoms with E-state index in [9.17, 15) is 4.79 Å². The van der Waals surface area contributed by atoms with Gasteiger partial charge in [0, 0.05) is 48.8 Å². The molecule has 2 aliphatic heterocycles. The molecule has 1 amide bonds. The molecule has 6 nitrogen and oxygen atoms in total. The summed E-state index contributed by atoms with van der Waals surface area (Å²) in [5.41, 5.74) is 10.5. The Morgan fingerprint density at radius 3 is 2.35 bits per heavy atom. The number of aromatic amines is 1. The molecule has 1 aromatic heterocycles. The molecule has 2 fully saturated rings. The molecule has 3 aromatic rings. The number of carbonyl (C=O) groups is 1. The van der Waals surface area contributed by atoms with Gasteiger partial charge in [0.2, 0.25) is 0 Å². The van der Waals surface area contributed by atoms with Gasteiger partial charge in [-0.05, 0) is 74.2 Å². The van der Waals surface area contributed by atoms with Crippen LogP contribution >= 0.6 is 0 Å². The van der Waals surface area contributed by atoms with Crippen molar-refractivity contribution in [2.45, 2.75) is 44.6 Å². The predicted molar refractivity (Wildman–Crippen MR) is 140 cm³/mol. The molecule has 34 heavy (non-hydrogen) atoms. The first kappa shape index (κ1) is 22.9. The maximum absolute atomic E-state index is 13.0. The van der Waals surface area contributed by atoms with Crippen molar-refractivity contribution in [1.82, 2.24) is 20.1 Å². The number of hydrogen-bond donors (Lipinski definition) is 3. The van der Waals surface area contributed by atoms with Gasteiger partial charge in [0.15, 0.2) is 0 Å². The quantitative estimate of drug-likeness (QED) is 0.475. The summed E-state index contributed by atoms with van der Waals surface area (Å²) >= 11 is 0. The molecule has 0 saturated carbocycles. The predicted octanol–water partition coefficient (Wildman–Crippen LogP) is 4.49. The normalized spacial score (nSPS) is 18.7. The van der Waals surface area contributed by atoms with E-state index >= 15 is 0 Å². The number of piperidine rings is 1. The maximum Gasteiger partial charge on any atom is 0.267 e. The molecule has 2 aliphatic rings. The third kappa shape index (κ3) is 5.45. The number of nitrogens with zero attached hydrogens (tertiary/aromatic N) is 2. The Morgan fingerprint density at radius 2 is 1.62 bits per heavy atom. The zero-order valence-corrected chi connectivity index (χ0v) is 20.1. The van der Waals surface area contributed by atoms with Crippen LogP contribution in [0.1, 0.15) is 49.0 Å². The molecule has 0 aliphatic carbocycles. The molecule has 0 radical (unpaired) electrons. The zero-order valence-electron chi connectivity index (χ0n) is 20.1. The van der Waals surface area contributed by atoms with E-state index < -0.39 is 0 Å². The van der Waals surface area contributed by atoms with Crippen LogP contribution < -0.4 is 11.1 Å². The second-order valence-corrected chi connectivity index (χ2v) is 9.92. The van der Waals surface area contributed by atoms with E-state index in [0.29, 0.717) is 5.69 Å². The average molecular weight is 460 g/mol. The van der Waals surface area contributed by atoms with Crippen molar-refractivity contribution in [1.29, 1.82) is 0 Å². The number of likely N-dealkylation sites (tertiary alicyclic amines) is 2. The smallest absolute Gasteiger partial charge is 0.267 e. The Hall–Kier alpha value is -2.83. The number of nitrogen functional groups attached to an aromatic ring is 1. The van der Waals surface area contributed by atoms with Crippen LogP contribution in [-0.2, 0) is 0 Å². The molecule has 0 spiro atoms. The number of nitrogens with one attached hydrogen (secondary N) is 2. The third-order valence-electron chi connectivity index (χ3n) is 7.46. The van der Waals surface area contributed by atoms with Gasteiger partial charge in [-0.1, -0.05) is 37.1 Å². The van der Waals surface area contributed by atoms with Gasteiger partial charge in [-0.3, -0.25) is 4.79 Å². The van der Waals surface area contributed by atoms with E-state index in [1.165, 1.54) is 45.3 Å². The van der Waals surface area contributed by atoms with Crippen LogP contribution in [0, 0.1) is 0 Å². The first-order valence-corrected chi connectivity index (χ1v) is 12.9. The topological polar surface area (TPSA) is 77.4 Å². The first-order chi connectivity index (χ1) is 16.7. The van der Waals surface area contributed by atoms with Gasteiger partial charge in [-0.2, -0.15) is 0 Å². The summed E-state index contributed by atoms with van der Waals surface area (Å²) < 4.78 is 0. The van der Waals surface area contributed by atoms with E-state index in [1.54, 1.807) is 0 Å². The molecule has 2 aromatic carbocycles. The number of amides is 1. The van der Waals surface area contributed by atoms with Crippen LogP contribution in [0.25, 0.3) is 22.0 Å². The van der Waals surface area contributed by atoms with Gasteiger partial charge in [0.05, 0.1) is 0 Å². The summed E-state index contributed by atoms with van der Waals surface area (Å²) in [6.07, 6.45) is 7.51. The van der Waals surface area contributed by atoms with E-state index in [2.05, 4.69) is 32.2 Å². The lowest BCUT2D eigenvalue weighted by atomic mass is 10.0. The maximum atomic E-state index is 13.0. The number of anilines is 1. The van der Waals surface area contributed by atoms with Crippen molar-refractivity contribution >= 4 is 22.5 Å². The van der Waals surface area contributed by atoms with Crippen LogP contribution in [0.4, 0.5) is 5.69 Å². The van der Waals surface area contributed by atoms with E-state index in [4.69, 9.17) is 5.73 Å². The largest absolute Gasteiger partial charge is 0.399 e. The SMILES string of the molecule is Nc1cccc(-c2cccc3[nH]c(C(=O)NC4CCN(CCN5CCCCCC5)CC4)cc23)c1. The number of fused-ring (bicyclic) bond motifs is 1. The zero-order chi connectivity index (χ0) is 23.3. The van der Waals surface area contributed by atoms with Crippen molar-refractivity contribution in [3.05, 3.63) is 54.2 Å². The lowest BCUT2D eigenvalue weighted by Gasteiger charge is -2.33. The molecule has 0 unspecified atom stereocenters. The van der Waals surface area contributed by atoms with Gasteiger partial charge in [0.25, 0.3) is 5.91 Å². The van der Waals surface area contributed by atoms with Crippen molar-refractivity contribution in [3.63, 3.8) is 0 Å². The lowest BCUT2D eigenvalue weighted by Crippen LogP contribution is -2.46. The number of aromatic nitrogens is 1. The van der Waals surface area contributed by atoms with Crippen LogP contribution in [0.2, 0.25) is 0 Å². The van der Waals surface area contributed by atoms with Gasteiger partial charge in [0.1, 0.15) is 5.69 Å². The summed E-state index contributed by atoms with van der Waals surface area (Å²) in [7, 11) is 0. The lowest BCUT2D eigenvalue weighted by molar-refractivity contribution is 0.0902. The molecular weight excluding hydrogens is 422 g/mol. The van der Waals surface area contributed by atoms with Crippen LogP contribution in [0.15, 0.2) is 48.5 Å². The number of H-pyrrole nitrogens is 1. The summed E-state index contributed by atoms with van der Waals surface area (Å²) in [6.45, 7) is 6.97. The number of benzene rings is 2. The van der Waals surface area contributed by atoms with Crippen molar-refractivity contribution in [3.8, 4) is 11.1 Å². The Bertz CT molecular complexity index is 1110. The molecular formula is C28H37N5O. The van der Waals surface area contributed by atoms with Crippen LogP contribution in [0.3, 0.4) is 0 Å². The Balaban J connectivity index is 1.17. The van der Waals surface area contributed by atoms with Crippen LogP contribution in [-0.4, -0.2) is 66.0 Å². The van der Waals surface area contributed by atoms with Crippen LogP contribution in [0.5, 0.6) is 0 Å². The minimum Gasteiger partial charge on any atom is -0.399 e. The standard InChI is InChI=1S/C28H37N5O/c29-22-8-5-7-21(19-22)24-9-6-10-26-25(24)20-27(31-26)28(34)30-23-11-15-33(16-12-23)18-17-32-13-3-1-2-4-14-32/h5-10,19-20,23,31H,1-4,11-18,29H2,(H,30,34). The summed E-state index contributed by atoms with van der Waals surface area (Å²) in [4.78, 5) is 21.6. The Kier molecular flexibility index (Phi) is 7.16. The van der Waals surface area contributed by atoms with Crippen molar-refractivity contribution < 1.29 is 4.79 Å². The van der Waals surface area contributed by atoms with Gasteiger partial charge in [-0.25, -0.2) is 0 Å². The summed E-state index contributed by atoms with van der Waals surface area (Å²) in [5, 5.41) is 4.31. The number of nitrogens with two attached hydrogens (primary N) is 1. The second kappa shape index (κ2) is 10.6. The highest BCUT2D eigenvalue weighted by molar-refractivity contribution is 6.03. The molecule has 4 N–H and O–H groups in total. The van der Waals surface area contributed by atoms with E-state index in [1.807, 2.05) is 36.4 Å². The molecule has 3 heterocycles. The second-order valence-electron chi connectivity index (χ2n) is 9.92. The highest BCUT2D eigenvalue weighted by atomic mass is 16.1. The fraction of sp³-hybridized carbons (Fsp3) is 0.464. The molecule has 2 saturated heterocycles. The number of rotatable bonds is 6. The van der Waals surface area contributed by atoms with Crippen molar-refractivity contribution in [2.24, 2.45) is 0 Å². The number of hydrogen-bond acceptors (Lipinski definition) is 4. The Morgan fingerprint density at radius 1 is 0.912 bits per heavy atom. The Labute approximate surface area is 202 Å². The van der Waals surface area contributed by atoms with Crippen molar-refractivity contribution in [2.75, 3.05) is 45.0 Å². The summed E-state index contributed by atoms with van der Waals surface area (Å²) in [6, 6.07) is 16.2.